The van der Waals surface area contributed by atoms with Crippen LogP contribution in [0.5, 0.6) is 5.75 Å². The predicted molar refractivity (Wildman–Crippen MR) is 79.7 cm³/mol. The monoisotopic (exact) mass is 293 g/mol. The van der Waals surface area contributed by atoms with E-state index in [0.717, 1.165) is 16.9 Å². The first-order valence-corrected chi connectivity index (χ1v) is 6.80. The van der Waals surface area contributed by atoms with E-state index in [1.807, 2.05) is 37.3 Å². The molecule has 0 heterocycles. The summed E-state index contributed by atoms with van der Waals surface area (Å²) in [6, 6.07) is 12.7. The molecular weight excluding hydrogens is 277 g/mol. The van der Waals surface area contributed by atoms with Crippen LogP contribution in [0.2, 0.25) is 5.02 Å². The van der Waals surface area contributed by atoms with Gasteiger partial charge in [-0.1, -0.05) is 41.9 Å². The molecule has 0 saturated heterocycles. The molecule has 0 bridgehead atoms. The van der Waals surface area contributed by atoms with Crippen LogP contribution >= 0.6 is 11.6 Å². The van der Waals surface area contributed by atoms with Crippen molar-refractivity contribution in [2.45, 2.75) is 19.5 Å². The number of hydrogen-bond donors (Lipinski definition) is 1. The third-order valence-corrected chi connectivity index (χ3v) is 3.66. The Labute approximate surface area is 123 Å². The fourth-order valence-corrected chi connectivity index (χ4v) is 2.27. The lowest BCUT2D eigenvalue weighted by molar-refractivity contribution is 0.401. The summed E-state index contributed by atoms with van der Waals surface area (Å²) in [7, 11) is 1.65. The Kier molecular flexibility index (Phi) is 4.99. The molecule has 1 atom stereocenters. The highest BCUT2D eigenvalue weighted by atomic mass is 35.5. The Morgan fingerprint density at radius 3 is 2.70 bits per heavy atom. The van der Waals surface area contributed by atoms with Gasteiger partial charge in [0.2, 0.25) is 0 Å². The lowest BCUT2D eigenvalue weighted by Gasteiger charge is -2.17. The van der Waals surface area contributed by atoms with Crippen molar-refractivity contribution in [3.05, 3.63) is 64.4 Å². The number of halogens is 2. The molecule has 2 rings (SSSR count). The fraction of sp³-hybridized carbons (Fsp3) is 0.250. The van der Waals surface area contributed by atoms with Gasteiger partial charge in [0.05, 0.1) is 12.1 Å². The number of para-hydroxylation sites is 1. The third kappa shape index (κ3) is 3.30. The topological polar surface area (TPSA) is 21.3 Å². The molecule has 0 unspecified atom stereocenters. The summed E-state index contributed by atoms with van der Waals surface area (Å²) in [5.41, 5.74) is 1.80. The Hall–Kier alpha value is -1.58. The molecule has 2 aromatic rings. The normalized spacial score (nSPS) is 12.2. The Balaban J connectivity index is 2.09. The van der Waals surface area contributed by atoms with Crippen molar-refractivity contribution in [2.75, 3.05) is 7.11 Å². The van der Waals surface area contributed by atoms with Gasteiger partial charge in [-0.05, 0) is 24.6 Å². The summed E-state index contributed by atoms with van der Waals surface area (Å²) >= 11 is 5.94. The minimum absolute atomic E-state index is 0.0745. The summed E-state index contributed by atoms with van der Waals surface area (Å²) in [6.07, 6.45) is 0. The van der Waals surface area contributed by atoms with E-state index in [0.29, 0.717) is 6.54 Å². The van der Waals surface area contributed by atoms with Crippen molar-refractivity contribution in [3.63, 3.8) is 0 Å². The van der Waals surface area contributed by atoms with Crippen LogP contribution in [0.4, 0.5) is 4.39 Å². The fourth-order valence-electron chi connectivity index (χ4n) is 2.08. The van der Waals surface area contributed by atoms with E-state index >= 15 is 0 Å². The zero-order valence-corrected chi connectivity index (χ0v) is 12.2. The van der Waals surface area contributed by atoms with Crippen LogP contribution in [0.25, 0.3) is 0 Å². The van der Waals surface area contributed by atoms with Gasteiger partial charge in [0, 0.05) is 18.2 Å². The maximum atomic E-state index is 13.4. The maximum absolute atomic E-state index is 13.4. The van der Waals surface area contributed by atoms with Gasteiger partial charge in [-0.25, -0.2) is 4.39 Å². The molecule has 2 aromatic carbocycles. The molecule has 0 aromatic heterocycles. The maximum Gasteiger partial charge on any atom is 0.142 e. The van der Waals surface area contributed by atoms with Gasteiger partial charge in [-0.3, -0.25) is 0 Å². The first kappa shape index (κ1) is 14.8. The van der Waals surface area contributed by atoms with Gasteiger partial charge < -0.3 is 10.1 Å². The van der Waals surface area contributed by atoms with E-state index in [4.69, 9.17) is 16.3 Å². The Morgan fingerprint density at radius 2 is 1.95 bits per heavy atom. The molecule has 1 N–H and O–H groups in total. The highest BCUT2D eigenvalue weighted by molar-refractivity contribution is 6.31. The van der Waals surface area contributed by atoms with Crippen LogP contribution in [-0.2, 0) is 6.54 Å². The van der Waals surface area contributed by atoms with Gasteiger partial charge >= 0.3 is 0 Å². The van der Waals surface area contributed by atoms with E-state index in [-0.39, 0.29) is 11.1 Å². The molecule has 0 amide bonds. The minimum Gasteiger partial charge on any atom is -0.496 e. The number of benzene rings is 2. The molecule has 0 aliphatic rings. The van der Waals surface area contributed by atoms with Crippen LogP contribution in [0.3, 0.4) is 0 Å². The first-order valence-electron chi connectivity index (χ1n) is 6.42. The molecule has 0 fully saturated rings. The molecule has 4 heteroatoms. The van der Waals surface area contributed by atoms with Crippen LogP contribution in [0.15, 0.2) is 42.5 Å². The van der Waals surface area contributed by atoms with Gasteiger partial charge in [0.25, 0.3) is 0 Å². The van der Waals surface area contributed by atoms with Crippen molar-refractivity contribution in [1.29, 1.82) is 0 Å². The zero-order valence-electron chi connectivity index (χ0n) is 11.5. The number of hydrogen-bond acceptors (Lipinski definition) is 2. The molecule has 2 nitrogen and oxygen atoms in total. The van der Waals surface area contributed by atoms with E-state index in [9.17, 15) is 4.39 Å². The second kappa shape index (κ2) is 6.73. The first-order chi connectivity index (χ1) is 9.63. The largest absolute Gasteiger partial charge is 0.496 e. The molecule has 0 aliphatic heterocycles. The van der Waals surface area contributed by atoms with Gasteiger partial charge in [-0.15, -0.1) is 0 Å². The molecular formula is C16H17ClFNO. The van der Waals surface area contributed by atoms with E-state index in [1.54, 1.807) is 13.2 Å². The number of nitrogens with one attached hydrogen (secondary N) is 1. The molecule has 0 spiro atoms. The van der Waals surface area contributed by atoms with E-state index < -0.39 is 5.82 Å². The highest BCUT2D eigenvalue weighted by Gasteiger charge is 2.11. The zero-order chi connectivity index (χ0) is 14.5. The second-order valence-corrected chi connectivity index (χ2v) is 4.94. The van der Waals surface area contributed by atoms with Crippen molar-refractivity contribution in [1.82, 2.24) is 5.32 Å². The number of methoxy groups -OCH3 is 1. The van der Waals surface area contributed by atoms with E-state index in [2.05, 4.69) is 5.32 Å². The Morgan fingerprint density at radius 1 is 1.20 bits per heavy atom. The number of rotatable bonds is 5. The van der Waals surface area contributed by atoms with Crippen molar-refractivity contribution < 1.29 is 9.13 Å². The second-order valence-electron chi connectivity index (χ2n) is 4.56. The van der Waals surface area contributed by atoms with E-state index in [1.165, 1.54) is 6.07 Å². The molecule has 0 aliphatic carbocycles. The van der Waals surface area contributed by atoms with Crippen molar-refractivity contribution in [3.8, 4) is 5.75 Å². The van der Waals surface area contributed by atoms with Crippen LogP contribution in [0, 0.1) is 5.82 Å². The minimum atomic E-state index is -0.393. The average Bonchev–Trinajstić information content (AvgIpc) is 2.48. The van der Waals surface area contributed by atoms with Crippen LogP contribution in [0.1, 0.15) is 24.1 Å². The standard InChI is InChI=1S/C16H17ClFNO/c1-11(13-7-3-4-9-15(13)20-2)19-10-12-6-5-8-14(18)16(12)17/h3-9,11,19H,10H2,1-2H3/t11-/m0/s1. The molecule has 0 saturated carbocycles. The van der Waals surface area contributed by atoms with Crippen LogP contribution in [-0.4, -0.2) is 7.11 Å². The smallest absolute Gasteiger partial charge is 0.142 e. The highest BCUT2D eigenvalue weighted by Crippen LogP contribution is 2.25. The molecule has 20 heavy (non-hydrogen) atoms. The molecule has 106 valence electrons. The molecule has 0 radical (unpaired) electrons. The summed E-state index contributed by atoms with van der Waals surface area (Å²) in [5, 5.41) is 3.50. The number of ether oxygens (including phenoxy) is 1. The lowest BCUT2D eigenvalue weighted by Crippen LogP contribution is -2.19. The Bertz CT molecular complexity index is 588. The van der Waals surface area contributed by atoms with Gasteiger partial charge in [0.15, 0.2) is 0 Å². The van der Waals surface area contributed by atoms with Gasteiger partial charge in [-0.2, -0.15) is 0 Å². The predicted octanol–water partition coefficient (Wildman–Crippen LogP) is 4.34. The summed E-state index contributed by atoms with van der Waals surface area (Å²) in [4.78, 5) is 0. The van der Waals surface area contributed by atoms with Crippen molar-refractivity contribution in [2.24, 2.45) is 0 Å². The lowest BCUT2D eigenvalue weighted by atomic mass is 10.1. The van der Waals surface area contributed by atoms with Crippen LogP contribution < -0.4 is 10.1 Å². The van der Waals surface area contributed by atoms with Crippen molar-refractivity contribution >= 4 is 11.6 Å². The van der Waals surface area contributed by atoms with Gasteiger partial charge in [0.1, 0.15) is 11.6 Å². The average molecular weight is 294 g/mol. The summed E-state index contributed by atoms with van der Waals surface area (Å²) in [6.45, 7) is 2.53. The summed E-state index contributed by atoms with van der Waals surface area (Å²) in [5.74, 6) is 0.439. The quantitative estimate of drug-likeness (QED) is 0.885. The third-order valence-electron chi connectivity index (χ3n) is 3.24. The summed E-state index contributed by atoms with van der Waals surface area (Å²) < 4.78 is 18.7. The SMILES string of the molecule is COc1ccccc1[C@H](C)NCc1cccc(F)c1Cl.